The van der Waals surface area contributed by atoms with Crippen LogP contribution in [0.25, 0.3) is 0 Å². The van der Waals surface area contributed by atoms with Crippen LogP contribution in [0.4, 0.5) is 5.69 Å². The Morgan fingerprint density at radius 3 is 2.35 bits per heavy atom. The van der Waals surface area contributed by atoms with E-state index < -0.39 is 0 Å². The standard InChI is InChI=1S/C19H21NO3/c1-13-5-7-15(8-6-13)18(21)11-14(2)20-17-12-16(22-3)9-10-19(17)23-4/h5-12,20H,1-4H3. The van der Waals surface area contributed by atoms with Crippen LogP contribution in [0.2, 0.25) is 0 Å². The number of allylic oxidation sites excluding steroid dienone is 2. The van der Waals surface area contributed by atoms with Gasteiger partial charge in [-0.25, -0.2) is 0 Å². The van der Waals surface area contributed by atoms with E-state index in [0.717, 1.165) is 16.9 Å². The zero-order valence-electron chi connectivity index (χ0n) is 13.8. The summed E-state index contributed by atoms with van der Waals surface area (Å²) < 4.78 is 10.5. The summed E-state index contributed by atoms with van der Waals surface area (Å²) in [7, 11) is 3.21. The highest BCUT2D eigenvalue weighted by Crippen LogP contribution is 2.29. The van der Waals surface area contributed by atoms with Gasteiger partial charge in [0.2, 0.25) is 0 Å². The van der Waals surface area contributed by atoms with E-state index in [0.29, 0.717) is 17.1 Å². The molecule has 0 saturated carbocycles. The first-order valence-electron chi connectivity index (χ1n) is 7.32. The SMILES string of the molecule is COc1ccc(OC)c(NC(C)=CC(=O)c2ccc(C)cc2)c1. The lowest BCUT2D eigenvalue weighted by atomic mass is 10.1. The van der Waals surface area contributed by atoms with Crippen LogP contribution in [0, 0.1) is 6.92 Å². The van der Waals surface area contributed by atoms with Crippen LogP contribution in [0.5, 0.6) is 11.5 Å². The molecule has 2 aromatic carbocycles. The second kappa shape index (κ2) is 7.49. The molecule has 23 heavy (non-hydrogen) atoms. The molecule has 0 aliphatic rings. The molecule has 2 aromatic rings. The van der Waals surface area contributed by atoms with E-state index in [-0.39, 0.29) is 5.78 Å². The lowest BCUT2D eigenvalue weighted by Crippen LogP contribution is -2.03. The minimum absolute atomic E-state index is 0.0446. The largest absolute Gasteiger partial charge is 0.497 e. The van der Waals surface area contributed by atoms with Crippen LogP contribution in [-0.4, -0.2) is 20.0 Å². The Kier molecular flexibility index (Phi) is 5.41. The van der Waals surface area contributed by atoms with Crippen LogP contribution in [-0.2, 0) is 0 Å². The van der Waals surface area contributed by atoms with Gasteiger partial charge in [-0.2, -0.15) is 0 Å². The highest BCUT2D eigenvalue weighted by molar-refractivity contribution is 6.05. The third kappa shape index (κ3) is 4.36. The Morgan fingerprint density at radius 1 is 1.04 bits per heavy atom. The average Bonchev–Trinajstić information content (AvgIpc) is 2.55. The summed E-state index contributed by atoms with van der Waals surface area (Å²) in [6.07, 6.45) is 1.57. The summed E-state index contributed by atoms with van der Waals surface area (Å²) in [5, 5.41) is 3.18. The van der Waals surface area contributed by atoms with Crippen molar-refractivity contribution in [2.24, 2.45) is 0 Å². The molecule has 0 aliphatic heterocycles. The van der Waals surface area contributed by atoms with Gasteiger partial charge in [0.15, 0.2) is 5.78 Å². The van der Waals surface area contributed by atoms with Gasteiger partial charge in [-0.15, -0.1) is 0 Å². The number of ether oxygens (including phenoxy) is 2. The predicted molar refractivity (Wildman–Crippen MR) is 92.4 cm³/mol. The van der Waals surface area contributed by atoms with Crippen molar-refractivity contribution < 1.29 is 14.3 Å². The van der Waals surface area contributed by atoms with Crippen molar-refractivity contribution in [2.45, 2.75) is 13.8 Å². The molecule has 0 aromatic heterocycles. The monoisotopic (exact) mass is 311 g/mol. The Labute approximate surface area is 136 Å². The summed E-state index contributed by atoms with van der Waals surface area (Å²) >= 11 is 0. The number of aryl methyl sites for hydroxylation is 1. The number of nitrogens with one attached hydrogen (secondary N) is 1. The molecule has 4 heteroatoms. The molecule has 2 rings (SSSR count). The molecule has 0 unspecified atom stereocenters. The first-order valence-corrected chi connectivity index (χ1v) is 7.32. The maximum Gasteiger partial charge on any atom is 0.187 e. The zero-order valence-corrected chi connectivity index (χ0v) is 13.8. The number of carbonyl (C=O) groups excluding carboxylic acids is 1. The lowest BCUT2D eigenvalue weighted by Gasteiger charge is -2.13. The van der Waals surface area contributed by atoms with Crippen molar-refractivity contribution >= 4 is 11.5 Å². The minimum Gasteiger partial charge on any atom is -0.497 e. The van der Waals surface area contributed by atoms with Crippen LogP contribution in [0.1, 0.15) is 22.8 Å². The smallest absolute Gasteiger partial charge is 0.187 e. The van der Waals surface area contributed by atoms with E-state index >= 15 is 0 Å². The molecule has 0 bridgehead atoms. The molecule has 1 N–H and O–H groups in total. The number of methoxy groups -OCH3 is 2. The number of hydrogen-bond acceptors (Lipinski definition) is 4. The molecule has 0 fully saturated rings. The molecular weight excluding hydrogens is 290 g/mol. The molecule has 0 saturated heterocycles. The van der Waals surface area contributed by atoms with Crippen molar-refractivity contribution in [3.8, 4) is 11.5 Å². The van der Waals surface area contributed by atoms with E-state index in [4.69, 9.17) is 9.47 Å². The van der Waals surface area contributed by atoms with Gasteiger partial charge in [0.1, 0.15) is 11.5 Å². The quantitative estimate of drug-likeness (QED) is 0.641. The average molecular weight is 311 g/mol. The number of hydrogen-bond donors (Lipinski definition) is 1. The van der Waals surface area contributed by atoms with Gasteiger partial charge in [-0.05, 0) is 26.0 Å². The van der Waals surface area contributed by atoms with Gasteiger partial charge < -0.3 is 14.8 Å². The van der Waals surface area contributed by atoms with Crippen molar-refractivity contribution in [1.29, 1.82) is 0 Å². The molecule has 0 radical (unpaired) electrons. The highest BCUT2D eigenvalue weighted by Gasteiger charge is 2.07. The molecule has 0 aliphatic carbocycles. The molecule has 0 atom stereocenters. The number of rotatable bonds is 6. The normalized spacial score (nSPS) is 11.0. The van der Waals surface area contributed by atoms with E-state index in [9.17, 15) is 4.79 Å². The van der Waals surface area contributed by atoms with E-state index in [1.54, 1.807) is 20.3 Å². The Bertz CT molecular complexity index is 718. The van der Waals surface area contributed by atoms with E-state index in [1.807, 2.05) is 56.3 Å². The summed E-state index contributed by atoms with van der Waals surface area (Å²) in [4.78, 5) is 12.3. The third-order valence-corrected chi connectivity index (χ3v) is 3.42. The highest BCUT2D eigenvalue weighted by atomic mass is 16.5. The van der Waals surface area contributed by atoms with Crippen LogP contribution >= 0.6 is 0 Å². The fourth-order valence-corrected chi connectivity index (χ4v) is 2.16. The number of carbonyl (C=O) groups is 1. The first-order chi connectivity index (χ1) is 11.0. The Balaban J connectivity index is 2.19. The fourth-order valence-electron chi connectivity index (χ4n) is 2.16. The second-order valence-electron chi connectivity index (χ2n) is 5.25. The summed E-state index contributed by atoms with van der Waals surface area (Å²) in [6, 6.07) is 13.0. The molecule has 120 valence electrons. The fraction of sp³-hybridized carbons (Fsp3) is 0.211. The molecule has 0 spiro atoms. The summed E-state index contributed by atoms with van der Waals surface area (Å²) in [5.41, 5.74) is 3.26. The van der Waals surface area contributed by atoms with Crippen LogP contribution < -0.4 is 14.8 Å². The van der Waals surface area contributed by atoms with Gasteiger partial charge in [-0.3, -0.25) is 4.79 Å². The first kappa shape index (κ1) is 16.6. The maximum absolute atomic E-state index is 12.3. The number of benzene rings is 2. The van der Waals surface area contributed by atoms with Gasteiger partial charge in [-0.1, -0.05) is 29.8 Å². The van der Waals surface area contributed by atoms with E-state index in [1.165, 1.54) is 0 Å². The minimum atomic E-state index is -0.0446. The van der Waals surface area contributed by atoms with Gasteiger partial charge in [0.05, 0.1) is 19.9 Å². The van der Waals surface area contributed by atoms with Crippen molar-refractivity contribution in [3.05, 3.63) is 65.4 Å². The number of ketones is 1. The third-order valence-electron chi connectivity index (χ3n) is 3.42. The van der Waals surface area contributed by atoms with Crippen LogP contribution in [0.15, 0.2) is 54.2 Å². The predicted octanol–water partition coefficient (Wildman–Crippen LogP) is 4.21. The van der Waals surface area contributed by atoms with Crippen molar-refractivity contribution in [3.63, 3.8) is 0 Å². The molecule has 4 nitrogen and oxygen atoms in total. The zero-order chi connectivity index (χ0) is 16.8. The molecule has 0 amide bonds. The maximum atomic E-state index is 12.3. The Hall–Kier alpha value is -2.75. The summed E-state index contributed by atoms with van der Waals surface area (Å²) in [5.74, 6) is 1.35. The topological polar surface area (TPSA) is 47.6 Å². The number of anilines is 1. The summed E-state index contributed by atoms with van der Waals surface area (Å²) in [6.45, 7) is 3.83. The van der Waals surface area contributed by atoms with Gasteiger partial charge in [0.25, 0.3) is 0 Å². The van der Waals surface area contributed by atoms with E-state index in [2.05, 4.69) is 5.32 Å². The lowest BCUT2D eigenvalue weighted by molar-refractivity contribution is 0.104. The van der Waals surface area contributed by atoms with Crippen LogP contribution in [0.3, 0.4) is 0 Å². The van der Waals surface area contributed by atoms with Crippen molar-refractivity contribution in [2.75, 3.05) is 19.5 Å². The second-order valence-corrected chi connectivity index (χ2v) is 5.25. The van der Waals surface area contributed by atoms with Gasteiger partial charge in [0, 0.05) is 23.4 Å². The van der Waals surface area contributed by atoms with Crippen molar-refractivity contribution in [1.82, 2.24) is 0 Å². The molecular formula is C19H21NO3. The Morgan fingerprint density at radius 2 is 1.74 bits per heavy atom. The molecule has 0 heterocycles. The van der Waals surface area contributed by atoms with Gasteiger partial charge >= 0.3 is 0 Å².